The molecule has 0 unspecified atom stereocenters. The summed E-state index contributed by atoms with van der Waals surface area (Å²) in [6.45, 7) is 2.37. The normalized spacial score (nSPS) is 11.4. The van der Waals surface area contributed by atoms with Gasteiger partial charge in [0.2, 0.25) is 10.0 Å². The molecule has 0 aliphatic carbocycles. The summed E-state index contributed by atoms with van der Waals surface area (Å²) in [7, 11) is -2.06. The van der Waals surface area contributed by atoms with E-state index in [9.17, 15) is 8.42 Å². The molecule has 2 rings (SSSR count). The highest BCUT2D eigenvalue weighted by molar-refractivity contribution is 7.89. The predicted octanol–water partition coefficient (Wildman–Crippen LogP) is 1.26. The molecule has 6 nitrogen and oxygen atoms in total. The average molecular weight is 306 g/mol. The predicted molar refractivity (Wildman–Crippen MR) is 83.3 cm³/mol. The van der Waals surface area contributed by atoms with E-state index in [1.54, 1.807) is 24.1 Å². The van der Waals surface area contributed by atoms with Crippen molar-refractivity contribution in [3.8, 4) is 0 Å². The number of hydrogen-bond acceptors (Lipinski definition) is 5. The van der Waals surface area contributed by atoms with E-state index in [-0.39, 0.29) is 4.90 Å². The molecule has 1 aromatic carbocycles. The zero-order chi connectivity index (χ0) is 15.6. The largest absolute Gasteiger partial charge is 0.399 e. The van der Waals surface area contributed by atoms with Gasteiger partial charge in [0.1, 0.15) is 4.90 Å². The maximum Gasteiger partial charge on any atom is 0.240 e. The lowest BCUT2D eigenvalue weighted by Gasteiger charge is -2.21. The van der Waals surface area contributed by atoms with Gasteiger partial charge in [0.05, 0.1) is 17.9 Å². The molecule has 0 aliphatic heterocycles. The monoisotopic (exact) mass is 306 g/mol. The number of aromatic nitrogens is 1. The second-order valence-corrected chi connectivity index (χ2v) is 6.43. The first-order valence-electron chi connectivity index (χ1n) is 6.33. The summed E-state index contributed by atoms with van der Waals surface area (Å²) < 4.78 is 23.4. The van der Waals surface area contributed by atoms with Crippen molar-refractivity contribution in [3.63, 3.8) is 0 Å². The number of benzene rings is 1. The number of primary sulfonamides is 1. The number of pyridine rings is 1. The molecule has 4 N–H and O–H groups in total. The molecule has 2 aromatic rings. The highest BCUT2D eigenvalue weighted by atomic mass is 32.2. The molecule has 1 aromatic heterocycles. The van der Waals surface area contributed by atoms with E-state index in [1.807, 2.05) is 25.1 Å². The van der Waals surface area contributed by atoms with Gasteiger partial charge < -0.3 is 10.6 Å². The lowest BCUT2D eigenvalue weighted by atomic mass is 10.2. The summed E-state index contributed by atoms with van der Waals surface area (Å²) in [5.41, 5.74) is 8.24. The van der Waals surface area contributed by atoms with E-state index < -0.39 is 10.0 Å². The lowest BCUT2D eigenvalue weighted by molar-refractivity contribution is 0.597. The summed E-state index contributed by atoms with van der Waals surface area (Å²) in [6, 6.07) is 10.4. The minimum atomic E-state index is -3.84. The number of nitrogen functional groups attached to an aromatic ring is 1. The van der Waals surface area contributed by atoms with Crippen molar-refractivity contribution in [3.05, 3.63) is 47.8 Å². The second kappa shape index (κ2) is 5.71. The fourth-order valence-electron chi connectivity index (χ4n) is 2.09. The Labute approximate surface area is 124 Å². The van der Waals surface area contributed by atoms with Gasteiger partial charge in [-0.25, -0.2) is 13.6 Å². The van der Waals surface area contributed by atoms with Crippen LogP contribution in [-0.4, -0.2) is 20.4 Å². The van der Waals surface area contributed by atoms with Crippen LogP contribution in [0.3, 0.4) is 0 Å². The van der Waals surface area contributed by atoms with Crippen molar-refractivity contribution in [1.82, 2.24) is 4.98 Å². The van der Waals surface area contributed by atoms with Gasteiger partial charge in [0, 0.05) is 18.4 Å². The summed E-state index contributed by atoms with van der Waals surface area (Å²) in [4.78, 5) is 6.19. The van der Waals surface area contributed by atoms with Crippen LogP contribution in [0.5, 0.6) is 0 Å². The molecule has 0 spiro atoms. The van der Waals surface area contributed by atoms with E-state index in [1.165, 1.54) is 6.07 Å². The van der Waals surface area contributed by atoms with Gasteiger partial charge in [-0.15, -0.1) is 0 Å². The van der Waals surface area contributed by atoms with Crippen molar-refractivity contribution in [2.45, 2.75) is 18.4 Å². The molecule has 0 amide bonds. The SMILES string of the molecule is Cc1cccc(CN(C)c2ccc(N)cc2S(N)(=O)=O)n1. The fraction of sp³-hybridized carbons (Fsp3) is 0.214. The smallest absolute Gasteiger partial charge is 0.240 e. The second-order valence-electron chi connectivity index (χ2n) is 4.90. The van der Waals surface area contributed by atoms with Crippen LogP contribution in [0.1, 0.15) is 11.4 Å². The molecule has 0 fully saturated rings. The van der Waals surface area contributed by atoms with Gasteiger partial charge in [-0.2, -0.15) is 0 Å². The van der Waals surface area contributed by atoms with Crippen molar-refractivity contribution in [2.24, 2.45) is 5.14 Å². The third-order valence-electron chi connectivity index (χ3n) is 3.05. The number of nitrogens with zero attached hydrogens (tertiary/aromatic N) is 2. The van der Waals surface area contributed by atoms with E-state index >= 15 is 0 Å². The summed E-state index contributed by atoms with van der Waals surface area (Å²) >= 11 is 0. The molecule has 1 heterocycles. The quantitative estimate of drug-likeness (QED) is 0.828. The number of hydrogen-bond donors (Lipinski definition) is 2. The number of nitrogens with two attached hydrogens (primary N) is 2. The van der Waals surface area contributed by atoms with Crippen molar-refractivity contribution >= 4 is 21.4 Å². The van der Waals surface area contributed by atoms with Crippen LogP contribution in [0.2, 0.25) is 0 Å². The Morgan fingerprint density at radius 1 is 1.24 bits per heavy atom. The Bertz CT molecular complexity index is 759. The Hall–Kier alpha value is -2.12. The Morgan fingerprint density at radius 2 is 1.95 bits per heavy atom. The van der Waals surface area contributed by atoms with Gasteiger partial charge in [-0.1, -0.05) is 6.07 Å². The number of sulfonamides is 1. The van der Waals surface area contributed by atoms with E-state index in [0.717, 1.165) is 11.4 Å². The molecule has 0 aliphatic rings. The van der Waals surface area contributed by atoms with Crippen LogP contribution >= 0.6 is 0 Å². The first kappa shape index (κ1) is 15.3. The minimum Gasteiger partial charge on any atom is -0.399 e. The van der Waals surface area contributed by atoms with Gasteiger partial charge in [0.25, 0.3) is 0 Å². The zero-order valence-corrected chi connectivity index (χ0v) is 12.8. The van der Waals surface area contributed by atoms with Crippen LogP contribution in [0.4, 0.5) is 11.4 Å². The number of rotatable bonds is 4. The topological polar surface area (TPSA) is 102 Å². The zero-order valence-electron chi connectivity index (χ0n) is 11.9. The molecular formula is C14H18N4O2S. The standard InChI is InChI=1S/C14H18N4O2S/c1-10-4-3-5-12(17-10)9-18(2)13-7-6-11(15)8-14(13)21(16,19)20/h3-8H,9,15H2,1-2H3,(H2,16,19,20). The van der Waals surface area contributed by atoms with Crippen LogP contribution < -0.4 is 15.8 Å². The summed E-state index contributed by atoms with van der Waals surface area (Å²) in [6.07, 6.45) is 0. The third kappa shape index (κ3) is 3.71. The molecule has 0 atom stereocenters. The molecule has 0 bridgehead atoms. The first-order chi connectivity index (χ1) is 9.77. The van der Waals surface area contributed by atoms with Crippen LogP contribution in [0, 0.1) is 6.92 Å². The average Bonchev–Trinajstić information content (AvgIpc) is 2.37. The highest BCUT2D eigenvalue weighted by Crippen LogP contribution is 2.26. The molecule has 0 saturated carbocycles. The minimum absolute atomic E-state index is 0.0117. The van der Waals surface area contributed by atoms with Gasteiger partial charge in [-0.05, 0) is 37.3 Å². The maximum absolute atomic E-state index is 11.7. The summed E-state index contributed by atoms with van der Waals surface area (Å²) in [5.74, 6) is 0. The third-order valence-corrected chi connectivity index (χ3v) is 3.99. The Morgan fingerprint density at radius 3 is 2.57 bits per heavy atom. The van der Waals surface area contributed by atoms with E-state index in [2.05, 4.69) is 4.98 Å². The molecule has 7 heteroatoms. The van der Waals surface area contributed by atoms with Crippen molar-refractivity contribution in [2.75, 3.05) is 17.7 Å². The van der Waals surface area contributed by atoms with Gasteiger partial charge in [-0.3, -0.25) is 4.98 Å². The fourth-order valence-corrected chi connectivity index (χ4v) is 2.91. The van der Waals surface area contributed by atoms with Crippen LogP contribution in [0.25, 0.3) is 0 Å². The number of anilines is 2. The molecule has 0 radical (unpaired) electrons. The van der Waals surface area contributed by atoms with E-state index in [0.29, 0.717) is 17.9 Å². The Kier molecular flexibility index (Phi) is 4.15. The van der Waals surface area contributed by atoms with Crippen LogP contribution in [0.15, 0.2) is 41.3 Å². The lowest BCUT2D eigenvalue weighted by Crippen LogP contribution is -2.22. The molecule has 0 saturated heterocycles. The van der Waals surface area contributed by atoms with Gasteiger partial charge >= 0.3 is 0 Å². The molecular weight excluding hydrogens is 288 g/mol. The highest BCUT2D eigenvalue weighted by Gasteiger charge is 2.17. The Balaban J connectivity index is 2.38. The number of aryl methyl sites for hydroxylation is 1. The van der Waals surface area contributed by atoms with Crippen molar-refractivity contribution in [1.29, 1.82) is 0 Å². The first-order valence-corrected chi connectivity index (χ1v) is 7.88. The summed E-state index contributed by atoms with van der Waals surface area (Å²) in [5, 5.41) is 5.26. The van der Waals surface area contributed by atoms with Crippen molar-refractivity contribution < 1.29 is 8.42 Å². The van der Waals surface area contributed by atoms with Gasteiger partial charge in [0.15, 0.2) is 0 Å². The van der Waals surface area contributed by atoms with Crippen LogP contribution in [-0.2, 0) is 16.6 Å². The molecule has 21 heavy (non-hydrogen) atoms. The molecule has 112 valence electrons. The maximum atomic E-state index is 11.7. The van der Waals surface area contributed by atoms with E-state index in [4.69, 9.17) is 10.9 Å².